The standard InChI is InChI=1S/C30H39FN2O5/c1-28-10-9-20(35)11-21(28)23(31)12-22-27(28)24(36)14-30(3)26(25(37)16-34)17(13-29(22,30)2)15-33(38)19-7-5-18(32-4)6-8-19/h5-11,17,22-24,26-27,32,34,36,38H,12-16H2,1-4H3. The van der Waals surface area contributed by atoms with Gasteiger partial charge in [0.2, 0.25) is 0 Å². The molecule has 206 valence electrons. The molecule has 1 aromatic rings. The smallest absolute Gasteiger partial charge is 0.178 e. The van der Waals surface area contributed by atoms with E-state index in [9.17, 15) is 25.0 Å². The van der Waals surface area contributed by atoms with Gasteiger partial charge in [0.1, 0.15) is 12.8 Å². The van der Waals surface area contributed by atoms with E-state index in [0.717, 1.165) is 10.8 Å². The van der Waals surface area contributed by atoms with Crippen LogP contribution in [0.5, 0.6) is 0 Å². The molecule has 0 aliphatic heterocycles. The normalized spacial score (nSPS) is 41.6. The molecule has 9 atom stereocenters. The maximum atomic E-state index is 15.8. The first-order valence-electron chi connectivity index (χ1n) is 13.5. The van der Waals surface area contributed by atoms with E-state index in [4.69, 9.17) is 0 Å². The topological polar surface area (TPSA) is 110 Å². The van der Waals surface area contributed by atoms with Gasteiger partial charge in [-0.05, 0) is 83.9 Å². The zero-order valence-corrected chi connectivity index (χ0v) is 22.5. The summed E-state index contributed by atoms with van der Waals surface area (Å²) >= 11 is 0. The Labute approximate surface area is 223 Å². The molecule has 0 spiro atoms. The predicted octanol–water partition coefficient (Wildman–Crippen LogP) is 3.94. The molecule has 8 heteroatoms. The number of ketones is 2. The Kier molecular flexibility index (Phi) is 6.60. The molecule has 0 heterocycles. The van der Waals surface area contributed by atoms with Crippen molar-refractivity contribution in [1.29, 1.82) is 0 Å². The van der Waals surface area contributed by atoms with Crippen molar-refractivity contribution in [3.63, 3.8) is 0 Å². The number of carbonyl (C=O) groups excluding carboxylic acids is 2. The summed E-state index contributed by atoms with van der Waals surface area (Å²) in [6.07, 6.45) is 3.51. The number of aliphatic hydroxyl groups excluding tert-OH is 2. The van der Waals surface area contributed by atoms with E-state index in [0.29, 0.717) is 24.1 Å². The number of hydroxylamine groups is 1. The average Bonchev–Trinajstić information content (AvgIpc) is 3.10. The van der Waals surface area contributed by atoms with Gasteiger partial charge >= 0.3 is 0 Å². The molecular weight excluding hydrogens is 487 g/mol. The van der Waals surface area contributed by atoms with Crippen LogP contribution in [-0.4, -0.2) is 59.5 Å². The quantitative estimate of drug-likeness (QED) is 0.416. The fourth-order valence-electron chi connectivity index (χ4n) is 8.96. The van der Waals surface area contributed by atoms with E-state index < -0.39 is 41.0 Å². The van der Waals surface area contributed by atoms with Crippen molar-refractivity contribution in [2.24, 2.45) is 39.9 Å². The number of hydrogen-bond acceptors (Lipinski definition) is 7. The van der Waals surface area contributed by atoms with Gasteiger partial charge in [-0.25, -0.2) is 4.39 Å². The van der Waals surface area contributed by atoms with Crippen molar-refractivity contribution in [2.45, 2.75) is 52.3 Å². The van der Waals surface area contributed by atoms with Crippen molar-refractivity contribution in [3.05, 3.63) is 48.1 Å². The van der Waals surface area contributed by atoms with Gasteiger partial charge in [-0.3, -0.25) is 19.9 Å². The second kappa shape index (κ2) is 9.28. The second-order valence-corrected chi connectivity index (χ2v) is 12.5. The third kappa shape index (κ3) is 3.79. The molecule has 1 aromatic carbocycles. The minimum Gasteiger partial charge on any atom is -0.393 e. The van der Waals surface area contributed by atoms with Crippen LogP contribution < -0.4 is 10.4 Å². The van der Waals surface area contributed by atoms with Gasteiger partial charge in [-0.2, -0.15) is 0 Å². The zero-order valence-electron chi connectivity index (χ0n) is 22.5. The highest BCUT2D eigenvalue weighted by Gasteiger charge is 2.71. The molecule has 5 rings (SSSR count). The predicted molar refractivity (Wildman–Crippen MR) is 142 cm³/mol. The number of hydrogen-bond donors (Lipinski definition) is 4. The number of anilines is 2. The van der Waals surface area contributed by atoms with E-state index in [1.165, 1.54) is 12.2 Å². The number of nitrogens with one attached hydrogen (secondary N) is 1. The molecule has 3 saturated carbocycles. The number of fused-ring (bicyclic) bond motifs is 5. The number of carbonyl (C=O) groups is 2. The van der Waals surface area contributed by atoms with Crippen LogP contribution in [0.15, 0.2) is 48.1 Å². The molecule has 9 unspecified atom stereocenters. The Morgan fingerprint density at radius 3 is 2.47 bits per heavy atom. The van der Waals surface area contributed by atoms with Gasteiger partial charge in [0.15, 0.2) is 11.6 Å². The Hall–Kier alpha value is -2.55. The fourth-order valence-corrected chi connectivity index (χ4v) is 8.96. The molecule has 0 radical (unpaired) electrons. The first kappa shape index (κ1) is 27.0. The summed E-state index contributed by atoms with van der Waals surface area (Å²) < 4.78 is 15.8. The molecule has 0 amide bonds. The molecule has 0 saturated heterocycles. The van der Waals surface area contributed by atoms with Crippen LogP contribution in [0.2, 0.25) is 0 Å². The highest BCUT2D eigenvalue weighted by Crippen LogP contribution is 2.73. The van der Waals surface area contributed by atoms with Crippen molar-refractivity contribution in [2.75, 3.05) is 30.6 Å². The minimum absolute atomic E-state index is 0.164. The van der Waals surface area contributed by atoms with E-state index in [-0.39, 0.29) is 42.3 Å². The zero-order chi connectivity index (χ0) is 27.6. The average molecular weight is 527 g/mol. The van der Waals surface area contributed by atoms with Crippen molar-refractivity contribution >= 4 is 22.9 Å². The van der Waals surface area contributed by atoms with E-state index in [2.05, 4.69) is 12.2 Å². The molecule has 7 nitrogen and oxygen atoms in total. The summed E-state index contributed by atoms with van der Waals surface area (Å²) in [4.78, 5) is 25.4. The van der Waals surface area contributed by atoms with Gasteiger partial charge in [-0.1, -0.05) is 26.8 Å². The van der Waals surface area contributed by atoms with Gasteiger partial charge < -0.3 is 15.5 Å². The fraction of sp³-hybridized carbons (Fsp3) is 0.600. The van der Waals surface area contributed by atoms with Gasteiger partial charge in [0.25, 0.3) is 0 Å². The Balaban J connectivity index is 1.53. The summed E-state index contributed by atoms with van der Waals surface area (Å²) in [7, 11) is 1.81. The largest absolute Gasteiger partial charge is 0.393 e. The maximum Gasteiger partial charge on any atom is 0.178 e. The van der Waals surface area contributed by atoms with Crippen molar-refractivity contribution in [1.82, 2.24) is 0 Å². The van der Waals surface area contributed by atoms with Crippen LogP contribution in [0, 0.1) is 39.9 Å². The minimum atomic E-state index is -1.33. The Morgan fingerprint density at radius 1 is 1.16 bits per heavy atom. The van der Waals surface area contributed by atoms with Crippen LogP contribution in [0.25, 0.3) is 0 Å². The third-order valence-electron chi connectivity index (χ3n) is 10.8. The third-order valence-corrected chi connectivity index (χ3v) is 10.8. The lowest BCUT2D eigenvalue weighted by molar-refractivity contribution is -0.172. The lowest BCUT2D eigenvalue weighted by atomic mass is 9.41. The highest BCUT2D eigenvalue weighted by molar-refractivity contribution is 6.01. The summed E-state index contributed by atoms with van der Waals surface area (Å²) in [5, 5.41) is 36.9. The summed E-state index contributed by atoms with van der Waals surface area (Å²) in [6.45, 7) is 5.55. The number of alkyl halides is 1. The van der Waals surface area contributed by atoms with Gasteiger partial charge in [-0.15, -0.1) is 0 Å². The van der Waals surface area contributed by atoms with Crippen LogP contribution in [0.3, 0.4) is 0 Å². The van der Waals surface area contributed by atoms with Crippen LogP contribution in [-0.2, 0) is 9.59 Å². The lowest BCUT2D eigenvalue weighted by Crippen LogP contribution is -2.62. The lowest BCUT2D eigenvalue weighted by Gasteiger charge is -2.63. The number of Topliss-reactive ketones (excluding diaryl/α,β-unsaturated/α-hetero) is 1. The van der Waals surface area contributed by atoms with Gasteiger partial charge in [0.05, 0.1) is 11.8 Å². The Bertz CT molecular complexity index is 1180. The molecule has 4 aliphatic rings. The number of aliphatic hydroxyl groups is 2. The molecule has 3 fully saturated rings. The maximum absolute atomic E-state index is 15.8. The number of halogens is 1. The molecule has 38 heavy (non-hydrogen) atoms. The number of benzene rings is 1. The van der Waals surface area contributed by atoms with E-state index in [1.54, 1.807) is 18.2 Å². The van der Waals surface area contributed by atoms with E-state index in [1.807, 2.05) is 33.0 Å². The van der Waals surface area contributed by atoms with Gasteiger partial charge in [0, 0.05) is 36.5 Å². The molecule has 4 aliphatic carbocycles. The highest BCUT2D eigenvalue weighted by atomic mass is 19.1. The summed E-state index contributed by atoms with van der Waals surface area (Å²) in [6, 6.07) is 7.29. The van der Waals surface area contributed by atoms with Crippen LogP contribution in [0.4, 0.5) is 15.8 Å². The molecular formula is C30H39FN2O5. The van der Waals surface area contributed by atoms with Crippen molar-refractivity contribution < 1.29 is 29.4 Å². The first-order chi connectivity index (χ1) is 17.9. The molecule has 0 bridgehead atoms. The summed E-state index contributed by atoms with van der Waals surface area (Å²) in [5.41, 5.74) is -0.125. The van der Waals surface area contributed by atoms with E-state index >= 15 is 4.39 Å². The number of allylic oxidation sites excluding steroid dienone is 4. The van der Waals surface area contributed by atoms with Crippen LogP contribution in [0.1, 0.15) is 40.0 Å². The Morgan fingerprint density at radius 2 is 1.84 bits per heavy atom. The molecule has 4 N–H and O–H groups in total. The first-order valence-corrected chi connectivity index (χ1v) is 13.5. The SMILES string of the molecule is CNc1ccc(N(O)CC2CC3(C)C4CC(F)C5=CC(=O)C=CC5(C)C4C(O)CC3(C)C2C(=O)CO)cc1. The monoisotopic (exact) mass is 526 g/mol. The summed E-state index contributed by atoms with van der Waals surface area (Å²) in [5.74, 6) is -2.03. The second-order valence-electron chi connectivity index (χ2n) is 12.5. The van der Waals surface area contributed by atoms with Crippen molar-refractivity contribution in [3.8, 4) is 0 Å². The molecule has 0 aromatic heterocycles. The number of nitrogens with zero attached hydrogens (tertiary/aromatic N) is 1. The number of rotatable bonds is 6. The van der Waals surface area contributed by atoms with Crippen LogP contribution >= 0.6 is 0 Å².